The Labute approximate surface area is 106 Å². The Morgan fingerprint density at radius 3 is 2.17 bits per heavy atom. The smallest absolute Gasteiger partial charge is 0.300 e. The summed E-state index contributed by atoms with van der Waals surface area (Å²) in [6, 6.07) is 10.00. The monoisotopic (exact) mass is 250 g/mol. The van der Waals surface area contributed by atoms with Crippen molar-refractivity contribution in [3.63, 3.8) is 0 Å². The highest BCUT2D eigenvalue weighted by Gasteiger charge is 2.42. The first-order chi connectivity index (χ1) is 8.46. The summed E-state index contributed by atoms with van der Waals surface area (Å²) < 4.78 is 0. The van der Waals surface area contributed by atoms with Crippen LogP contribution in [0.4, 0.5) is 0 Å². The first-order valence-corrected chi connectivity index (χ1v) is 5.70. The lowest BCUT2D eigenvalue weighted by Crippen LogP contribution is -2.61. The van der Waals surface area contributed by atoms with Crippen molar-refractivity contribution in [2.75, 3.05) is 13.1 Å². The van der Waals surface area contributed by atoms with Gasteiger partial charge in [0.2, 0.25) is 5.91 Å². The number of carboxylic acid groups (broad SMARTS) is 1. The van der Waals surface area contributed by atoms with Crippen molar-refractivity contribution in [2.24, 2.45) is 11.1 Å². The van der Waals surface area contributed by atoms with Gasteiger partial charge in [0, 0.05) is 20.0 Å². The SMILES string of the molecule is CC(=O)O.NC(=O)C1(Cc2ccccc2)CNC1. The summed E-state index contributed by atoms with van der Waals surface area (Å²) in [7, 11) is 0. The summed E-state index contributed by atoms with van der Waals surface area (Å²) >= 11 is 0. The van der Waals surface area contributed by atoms with Crippen molar-refractivity contribution in [1.29, 1.82) is 0 Å². The van der Waals surface area contributed by atoms with Gasteiger partial charge in [-0.2, -0.15) is 0 Å². The lowest BCUT2D eigenvalue weighted by atomic mass is 9.76. The van der Waals surface area contributed by atoms with E-state index in [1.165, 1.54) is 5.56 Å². The molecule has 1 aliphatic rings. The second kappa shape index (κ2) is 6.16. The van der Waals surface area contributed by atoms with Gasteiger partial charge in [-0.15, -0.1) is 0 Å². The lowest BCUT2D eigenvalue weighted by molar-refractivity contribution is -0.134. The molecular formula is C13H18N2O3. The number of aliphatic carboxylic acids is 1. The van der Waals surface area contributed by atoms with E-state index in [9.17, 15) is 4.79 Å². The normalized spacial score (nSPS) is 15.8. The number of primary amides is 1. The predicted octanol–water partition coefficient (Wildman–Crippen LogP) is 0.395. The van der Waals surface area contributed by atoms with Crippen LogP contribution in [0.25, 0.3) is 0 Å². The molecule has 0 aromatic heterocycles. The molecular weight excluding hydrogens is 232 g/mol. The molecule has 0 spiro atoms. The Balaban J connectivity index is 0.000000357. The van der Waals surface area contributed by atoms with Crippen molar-refractivity contribution >= 4 is 11.9 Å². The summed E-state index contributed by atoms with van der Waals surface area (Å²) in [5.74, 6) is -1.03. The third-order valence-electron chi connectivity index (χ3n) is 2.83. The summed E-state index contributed by atoms with van der Waals surface area (Å²) in [6.07, 6.45) is 0.746. The number of hydrogen-bond donors (Lipinski definition) is 3. The molecule has 0 atom stereocenters. The maximum atomic E-state index is 11.3. The zero-order chi connectivity index (χ0) is 13.6. The molecule has 0 bridgehead atoms. The number of nitrogens with two attached hydrogens (primary N) is 1. The summed E-state index contributed by atoms with van der Waals surface area (Å²) in [4.78, 5) is 20.3. The van der Waals surface area contributed by atoms with Gasteiger partial charge < -0.3 is 16.2 Å². The molecule has 0 unspecified atom stereocenters. The summed E-state index contributed by atoms with van der Waals surface area (Å²) in [5, 5.41) is 10.5. The first-order valence-electron chi connectivity index (χ1n) is 5.70. The molecule has 5 heteroatoms. The fourth-order valence-corrected chi connectivity index (χ4v) is 1.80. The Morgan fingerprint density at radius 1 is 1.33 bits per heavy atom. The van der Waals surface area contributed by atoms with Gasteiger partial charge in [0.25, 0.3) is 5.97 Å². The number of amides is 1. The zero-order valence-corrected chi connectivity index (χ0v) is 10.3. The van der Waals surface area contributed by atoms with E-state index in [0.717, 1.165) is 13.3 Å². The standard InChI is InChI=1S/C11H14N2O.C2H4O2/c12-10(14)11(7-13-8-11)6-9-4-2-1-3-5-9;1-2(3)4/h1-5,13H,6-8H2,(H2,12,14);1H3,(H,3,4). The van der Waals surface area contributed by atoms with Crippen LogP contribution >= 0.6 is 0 Å². The van der Waals surface area contributed by atoms with Crippen LogP contribution in [0.1, 0.15) is 12.5 Å². The van der Waals surface area contributed by atoms with Crippen molar-refractivity contribution in [1.82, 2.24) is 5.32 Å². The number of hydrogen-bond acceptors (Lipinski definition) is 3. The van der Waals surface area contributed by atoms with Gasteiger partial charge in [-0.05, 0) is 12.0 Å². The molecule has 1 aromatic carbocycles. The maximum Gasteiger partial charge on any atom is 0.300 e. The highest BCUT2D eigenvalue weighted by atomic mass is 16.4. The quantitative estimate of drug-likeness (QED) is 0.723. The Morgan fingerprint density at radius 2 is 1.83 bits per heavy atom. The van der Waals surface area contributed by atoms with Crippen LogP contribution in [0.3, 0.4) is 0 Å². The average Bonchev–Trinajstić information content (AvgIpc) is 2.23. The van der Waals surface area contributed by atoms with Crippen LogP contribution in [0, 0.1) is 5.41 Å². The minimum Gasteiger partial charge on any atom is -0.481 e. The van der Waals surface area contributed by atoms with E-state index in [1.54, 1.807) is 0 Å². The molecule has 1 fully saturated rings. The number of rotatable bonds is 3. The molecule has 18 heavy (non-hydrogen) atoms. The van der Waals surface area contributed by atoms with Crippen LogP contribution < -0.4 is 11.1 Å². The Bertz CT molecular complexity index is 410. The minimum absolute atomic E-state index is 0.194. The number of carbonyl (C=O) groups is 2. The molecule has 4 N–H and O–H groups in total. The van der Waals surface area contributed by atoms with E-state index in [4.69, 9.17) is 15.6 Å². The van der Waals surface area contributed by atoms with E-state index in [2.05, 4.69) is 5.32 Å². The minimum atomic E-state index is -0.833. The molecule has 0 radical (unpaired) electrons. The molecule has 1 amide bonds. The van der Waals surface area contributed by atoms with E-state index in [1.807, 2.05) is 30.3 Å². The molecule has 98 valence electrons. The fraction of sp³-hybridized carbons (Fsp3) is 0.385. The van der Waals surface area contributed by atoms with Crippen LogP contribution in [0.5, 0.6) is 0 Å². The zero-order valence-electron chi connectivity index (χ0n) is 10.3. The van der Waals surface area contributed by atoms with Gasteiger partial charge in [-0.1, -0.05) is 30.3 Å². The predicted molar refractivity (Wildman–Crippen MR) is 68.0 cm³/mol. The molecule has 0 saturated carbocycles. The van der Waals surface area contributed by atoms with Gasteiger partial charge in [-0.25, -0.2) is 0 Å². The number of carbonyl (C=O) groups excluding carboxylic acids is 1. The van der Waals surface area contributed by atoms with Crippen LogP contribution in [-0.4, -0.2) is 30.1 Å². The molecule has 1 aromatic rings. The van der Waals surface area contributed by atoms with Gasteiger partial charge in [-0.3, -0.25) is 9.59 Å². The average molecular weight is 250 g/mol. The van der Waals surface area contributed by atoms with Gasteiger partial charge in [0.15, 0.2) is 0 Å². The van der Waals surface area contributed by atoms with Gasteiger partial charge in [0.05, 0.1) is 5.41 Å². The van der Waals surface area contributed by atoms with E-state index >= 15 is 0 Å². The van der Waals surface area contributed by atoms with E-state index in [0.29, 0.717) is 13.1 Å². The number of nitrogens with one attached hydrogen (secondary N) is 1. The van der Waals surface area contributed by atoms with E-state index < -0.39 is 5.97 Å². The van der Waals surface area contributed by atoms with Crippen molar-refractivity contribution < 1.29 is 14.7 Å². The second-order valence-electron chi connectivity index (χ2n) is 4.43. The number of carboxylic acids is 1. The van der Waals surface area contributed by atoms with Crippen molar-refractivity contribution in [3.05, 3.63) is 35.9 Å². The highest BCUT2D eigenvalue weighted by Crippen LogP contribution is 2.26. The number of benzene rings is 1. The summed E-state index contributed by atoms with van der Waals surface area (Å²) in [5.41, 5.74) is 6.23. The van der Waals surface area contributed by atoms with Crippen LogP contribution in [-0.2, 0) is 16.0 Å². The Hall–Kier alpha value is -1.88. The lowest BCUT2D eigenvalue weighted by Gasteiger charge is -2.39. The molecule has 5 nitrogen and oxygen atoms in total. The van der Waals surface area contributed by atoms with Crippen molar-refractivity contribution in [2.45, 2.75) is 13.3 Å². The molecule has 1 saturated heterocycles. The molecule has 1 aliphatic heterocycles. The largest absolute Gasteiger partial charge is 0.481 e. The first kappa shape index (κ1) is 14.2. The maximum absolute atomic E-state index is 11.3. The van der Waals surface area contributed by atoms with Crippen LogP contribution in [0.15, 0.2) is 30.3 Å². The topological polar surface area (TPSA) is 92.4 Å². The molecule has 0 aliphatic carbocycles. The molecule has 1 heterocycles. The second-order valence-corrected chi connectivity index (χ2v) is 4.43. The Kier molecular flexibility index (Phi) is 4.85. The fourth-order valence-electron chi connectivity index (χ4n) is 1.80. The summed E-state index contributed by atoms with van der Waals surface area (Å²) in [6.45, 7) is 2.49. The van der Waals surface area contributed by atoms with Crippen LogP contribution in [0.2, 0.25) is 0 Å². The molecule has 2 rings (SSSR count). The van der Waals surface area contributed by atoms with Crippen molar-refractivity contribution in [3.8, 4) is 0 Å². The highest BCUT2D eigenvalue weighted by molar-refractivity contribution is 5.82. The van der Waals surface area contributed by atoms with Gasteiger partial charge in [0.1, 0.15) is 0 Å². The van der Waals surface area contributed by atoms with Gasteiger partial charge >= 0.3 is 0 Å². The van der Waals surface area contributed by atoms with E-state index in [-0.39, 0.29) is 11.3 Å². The third kappa shape index (κ3) is 3.85. The third-order valence-corrected chi connectivity index (χ3v) is 2.83.